The van der Waals surface area contributed by atoms with Crippen molar-refractivity contribution in [3.8, 4) is 22.5 Å². The fraction of sp³-hybridized carbons (Fsp3) is 0.519. The molecule has 22 nitrogen and oxygen atoms in total. The number of anilines is 4. The standard InChI is InChI=1S/C24H29N7O3S.C16H28BNO4.C14H13BrN6OS/c1-24(2,3)34-23(32)31-6-4-15(5-7-31)17-14-35-20-18(16-12-26-21(25)27-13-16)28-22(29-19(17)20)30-8-10-33-11-9-30;1-14(2,3)20-13(19)18-10-8-12(9-11-18)17-21-15(4,5)16(6,7)22-17;15-9-7-23-12-10(8-5-17-13(16)18-6-8)19-14(20-11(9)12)21-1-3-22-4-2-21/h4,12-14H,5-11H2,1-3H3,(H2,25,26,27);8H,9-11H2,1-7H3;5-7H,1-4H2,(H2,16,17,18). The molecule has 6 aromatic heterocycles. The molecule has 2 amide bonds. The Morgan fingerprint density at radius 2 is 1.06 bits per heavy atom. The fourth-order valence-electron chi connectivity index (χ4n) is 8.93. The number of carbonyl (C=O) groups excluding carboxylic acids is 2. The van der Waals surface area contributed by atoms with E-state index < -0.39 is 11.2 Å². The number of hydrogen-bond acceptors (Lipinski definition) is 22. The van der Waals surface area contributed by atoms with E-state index in [4.69, 9.17) is 59.7 Å². The summed E-state index contributed by atoms with van der Waals surface area (Å²) in [5.74, 6) is 1.84. The Kier molecular flexibility index (Phi) is 17.6. The van der Waals surface area contributed by atoms with Crippen LogP contribution in [0.4, 0.5) is 33.4 Å². The van der Waals surface area contributed by atoms with E-state index in [2.05, 4.69) is 57.1 Å². The van der Waals surface area contributed by atoms with Crippen LogP contribution in [0.2, 0.25) is 0 Å². The Labute approximate surface area is 482 Å². The van der Waals surface area contributed by atoms with Crippen molar-refractivity contribution in [1.82, 2.24) is 49.7 Å². The van der Waals surface area contributed by atoms with Crippen molar-refractivity contribution in [3.05, 3.63) is 63.2 Å². The molecule has 426 valence electrons. The van der Waals surface area contributed by atoms with Crippen LogP contribution in [-0.2, 0) is 28.3 Å². The molecule has 3 fully saturated rings. The van der Waals surface area contributed by atoms with Gasteiger partial charge in [-0.05, 0) is 109 Å². The maximum atomic E-state index is 12.5. The first-order valence-corrected chi connectivity index (χ1v) is 29.2. The van der Waals surface area contributed by atoms with Crippen LogP contribution in [0.15, 0.2) is 57.6 Å². The first-order chi connectivity index (χ1) is 37.9. The number of nitrogens with two attached hydrogens (primary N) is 2. The van der Waals surface area contributed by atoms with Crippen LogP contribution in [0.5, 0.6) is 0 Å². The Balaban J connectivity index is 0.000000151. The lowest BCUT2D eigenvalue weighted by Crippen LogP contribution is -2.41. The molecule has 0 aromatic carbocycles. The Morgan fingerprint density at radius 3 is 1.50 bits per heavy atom. The van der Waals surface area contributed by atoms with Crippen LogP contribution >= 0.6 is 38.6 Å². The average Bonchev–Trinajstić information content (AvgIpc) is 4.23. The Morgan fingerprint density at radius 1 is 0.625 bits per heavy atom. The van der Waals surface area contributed by atoms with Gasteiger partial charge in [0.05, 0.1) is 68.4 Å². The topological polar surface area (TPSA) is 258 Å². The quantitative estimate of drug-likeness (QED) is 0.147. The third-order valence-corrected chi connectivity index (χ3v) is 16.8. The number of ether oxygens (including phenoxy) is 4. The first kappa shape index (κ1) is 58.5. The lowest BCUT2D eigenvalue weighted by atomic mass is 9.75. The number of fused-ring (bicyclic) bond motifs is 2. The minimum Gasteiger partial charge on any atom is -0.444 e. The second kappa shape index (κ2) is 24.1. The summed E-state index contributed by atoms with van der Waals surface area (Å²) in [6.07, 6.45) is 11.8. The number of hydrogen-bond donors (Lipinski definition) is 2. The van der Waals surface area contributed by atoms with Gasteiger partial charge in [-0.15, -0.1) is 22.7 Å². The van der Waals surface area contributed by atoms with Gasteiger partial charge in [-0.1, -0.05) is 12.2 Å². The molecule has 0 bridgehead atoms. The molecule has 26 heteroatoms. The van der Waals surface area contributed by atoms with Crippen molar-refractivity contribution >= 4 is 108 Å². The summed E-state index contributed by atoms with van der Waals surface area (Å²) in [7, 11) is -0.314. The zero-order chi connectivity index (χ0) is 57.1. The van der Waals surface area contributed by atoms with Gasteiger partial charge in [0.2, 0.25) is 23.8 Å². The zero-order valence-electron chi connectivity index (χ0n) is 47.1. The van der Waals surface area contributed by atoms with Crippen LogP contribution in [0.3, 0.4) is 0 Å². The second-order valence-corrected chi connectivity index (χ2v) is 25.3. The Bertz CT molecular complexity index is 3230. The van der Waals surface area contributed by atoms with E-state index in [0.717, 1.165) is 97.5 Å². The molecule has 3 saturated heterocycles. The lowest BCUT2D eigenvalue weighted by molar-refractivity contribution is 0.00578. The van der Waals surface area contributed by atoms with Gasteiger partial charge in [0.1, 0.15) is 16.7 Å². The molecule has 0 saturated carbocycles. The number of nitrogen functional groups attached to an aromatic ring is 2. The predicted octanol–water partition coefficient (Wildman–Crippen LogP) is 9.11. The summed E-state index contributed by atoms with van der Waals surface area (Å²) in [6, 6.07) is 0. The molecule has 11 heterocycles. The largest absolute Gasteiger partial charge is 0.490 e. The molecule has 0 atom stereocenters. The van der Waals surface area contributed by atoms with Gasteiger partial charge in [0.15, 0.2) is 0 Å². The van der Waals surface area contributed by atoms with Crippen LogP contribution in [-0.4, -0.2) is 170 Å². The predicted molar refractivity (Wildman–Crippen MR) is 316 cm³/mol. The first-order valence-electron chi connectivity index (χ1n) is 26.7. The normalized spacial score (nSPS) is 18.5. The molecule has 5 aliphatic rings. The van der Waals surface area contributed by atoms with Crippen molar-refractivity contribution < 1.29 is 37.8 Å². The molecular formula is C54H70BBrN14O8S2. The summed E-state index contributed by atoms with van der Waals surface area (Å²) < 4.78 is 36.9. The number of aromatic nitrogens is 8. The molecule has 0 spiro atoms. The van der Waals surface area contributed by atoms with Gasteiger partial charge < -0.3 is 59.3 Å². The van der Waals surface area contributed by atoms with E-state index in [-0.39, 0.29) is 42.4 Å². The number of morpholine rings is 2. The summed E-state index contributed by atoms with van der Waals surface area (Å²) in [4.78, 5) is 68.1. The van der Waals surface area contributed by atoms with E-state index in [1.807, 2.05) is 80.7 Å². The zero-order valence-corrected chi connectivity index (χ0v) is 50.3. The molecule has 11 rings (SSSR count). The molecule has 80 heavy (non-hydrogen) atoms. The molecule has 6 aromatic rings. The molecule has 4 N–H and O–H groups in total. The maximum absolute atomic E-state index is 12.5. The average molecular weight is 1200 g/mol. The minimum atomic E-state index is -0.514. The lowest BCUT2D eigenvalue weighted by Gasteiger charge is -2.32. The molecular weight excluding hydrogens is 1130 g/mol. The van der Waals surface area contributed by atoms with Crippen LogP contribution < -0.4 is 21.3 Å². The van der Waals surface area contributed by atoms with Gasteiger partial charge in [0.25, 0.3) is 0 Å². The monoisotopic (exact) mass is 1200 g/mol. The van der Waals surface area contributed by atoms with Crippen molar-refractivity contribution in [3.63, 3.8) is 0 Å². The fourth-order valence-corrected chi connectivity index (χ4v) is 11.5. The van der Waals surface area contributed by atoms with Crippen LogP contribution in [0.1, 0.15) is 87.6 Å². The number of halogens is 1. The van der Waals surface area contributed by atoms with E-state index >= 15 is 0 Å². The number of carbonyl (C=O) groups is 2. The van der Waals surface area contributed by atoms with Crippen molar-refractivity contribution in [2.24, 2.45) is 0 Å². The molecule has 0 radical (unpaired) electrons. The number of nitrogens with zero attached hydrogens (tertiary/aromatic N) is 12. The summed E-state index contributed by atoms with van der Waals surface area (Å²) in [6.45, 7) is 27.4. The van der Waals surface area contributed by atoms with Gasteiger partial charge in [-0.2, -0.15) is 0 Å². The number of amides is 2. The molecule has 0 unspecified atom stereocenters. The third-order valence-electron chi connectivity index (χ3n) is 13.9. The highest BCUT2D eigenvalue weighted by molar-refractivity contribution is 9.10. The summed E-state index contributed by atoms with van der Waals surface area (Å²) in [5, 5.41) is 4.14. The number of rotatable bonds is 6. The van der Waals surface area contributed by atoms with Gasteiger partial charge in [-0.25, -0.2) is 49.5 Å². The highest BCUT2D eigenvalue weighted by Crippen LogP contribution is 2.41. The van der Waals surface area contributed by atoms with Crippen LogP contribution in [0, 0.1) is 0 Å². The smallest absolute Gasteiger partial charge is 0.444 e. The summed E-state index contributed by atoms with van der Waals surface area (Å²) in [5.41, 5.74) is 18.0. The van der Waals surface area contributed by atoms with Gasteiger partial charge in [0, 0.05) is 105 Å². The third kappa shape index (κ3) is 13.9. The van der Waals surface area contributed by atoms with E-state index in [9.17, 15) is 9.59 Å². The maximum Gasteiger partial charge on any atom is 0.490 e. The van der Waals surface area contributed by atoms with E-state index in [1.165, 1.54) is 5.57 Å². The van der Waals surface area contributed by atoms with Crippen molar-refractivity contribution in [1.29, 1.82) is 0 Å². The Hall–Kier alpha value is -6.16. The summed E-state index contributed by atoms with van der Waals surface area (Å²) >= 11 is 6.76. The molecule has 0 aliphatic carbocycles. The van der Waals surface area contributed by atoms with E-state index in [1.54, 1.807) is 57.3 Å². The highest BCUT2D eigenvalue weighted by atomic mass is 79.9. The van der Waals surface area contributed by atoms with Crippen molar-refractivity contribution in [2.75, 3.05) is 100 Å². The molecule has 5 aliphatic heterocycles. The van der Waals surface area contributed by atoms with Gasteiger partial charge in [-0.3, -0.25) is 0 Å². The number of thiophene rings is 2. The van der Waals surface area contributed by atoms with Crippen LogP contribution in [0.25, 0.3) is 48.5 Å². The minimum absolute atomic E-state index is 0.223. The van der Waals surface area contributed by atoms with Crippen molar-refractivity contribution in [2.45, 2.75) is 104 Å². The SMILES string of the molecule is CC(C)(C)OC(=O)N1CC=C(B2OC(C)(C)C(C)(C)O2)CC1.CC(C)(C)OC(=O)N1CC=C(c2csc3c(-c4cnc(N)nc4)nc(N4CCOCC4)nc23)CC1.Nc1ncc(-c2nc(N3CCOCC3)nc3c(Br)csc23)cn1. The highest BCUT2D eigenvalue weighted by Gasteiger charge is 2.52. The second-order valence-electron chi connectivity index (χ2n) is 22.6. The van der Waals surface area contributed by atoms with Gasteiger partial charge >= 0.3 is 19.3 Å². The van der Waals surface area contributed by atoms with E-state index in [0.29, 0.717) is 64.5 Å².